The van der Waals surface area contributed by atoms with E-state index >= 15 is 0 Å². The minimum Gasteiger partial charge on any atom is -0.361 e. The minimum atomic E-state index is -0.121. The van der Waals surface area contributed by atoms with Crippen LogP contribution in [0.3, 0.4) is 0 Å². The molecule has 0 bridgehead atoms. The topological polar surface area (TPSA) is 48.1 Å². The molecule has 0 aliphatic heterocycles. The zero-order valence-electron chi connectivity index (χ0n) is 17.1. The van der Waals surface area contributed by atoms with Gasteiger partial charge in [-0.25, -0.2) is 4.79 Å². The second kappa shape index (κ2) is 10.1. The Bertz CT molecular complexity index is 1180. The molecule has 0 aliphatic carbocycles. The first-order valence-electron chi connectivity index (χ1n) is 10.3. The monoisotopic (exact) mass is 473 g/mol. The standard InChI is InChI=1S/C26H24BrN3O/c27-23-13-5-7-15-25(23)29-26(31)30(17-8-11-20-9-2-1-3-10-20)18-16-21-19-28-24-14-6-4-12-22(21)24/h1-15,19,28H,16-18H2,(H,29,31)/b11-8+. The van der Waals surface area contributed by atoms with E-state index in [0.717, 1.165) is 27.7 Å². The molecule has 156 valence electrons. The number of rotatable bonds is 7. The second-order valence-corrected chi connectivity index (χ2v) is 8.13. The third kappa shape index (κ3) is 5.44. The minimum absolute atomic E-state index is 0.121. The molecule has 4 nitrogen and oxygen atoms in total. The number of anilines is 1. The van der Waals surface area contributed by atoms with Gasteiger partial charge in [-0.3, -0.25) is 0 Å². The number of hydrogen-bond donors (Lipinski definition) is 2. The lowest BCUT2D eigenvalue weighted by Gasteiger charge is -2.22. The van der Waals surface area contributed by atoms with E-state index in [4.69, 9.17) is 0 Å². The number of H-pyrrole nitrogens is 1. The van der Waals surface area contributed by atoms with Crippen LogP contribution in [-0.2, 0) is 6.42 Å². The zero-order valence-corrected chi connectivity index (χ0v) is 18.7. The summed E-state index contributed by atoms with van der Waals surface area (Å²) in [4.78, 5) is 18.2. The van der Waals surface area contributed by atoms with Crippen LogP contribution in [0, 0.1) is 0 Å². The van der Waals surface area contributed by atoms with Gasteiger partial charge < -0.3 is 15.2 Å². The Hall–Kier alpha value is -3.31. The van der Waals surface area contributed by atoms with Gasteiger partial charge in [0.25, 0.3) is 0 Å². The van der Waals surface area contributed by atoms with Gasteiger partial charge >= 0.3 is 6.03 Å². The number of nitrogens with one attached hydrogen (secondary N) is 2. The van der Waals surface area contributed by atoms with Gasteiger partial charge in [0.05, 0.1) is 5.69 Å². The number of urea groups is 1. The lowest BCUT2D eigenvalue weighted by atomic mass is 10.1. The highest BCUT2D eigenvalue weighted by molar-refractivity contribution is 9.10. The fraction of sp³-hybridized carbons (Fsp3) is 0.115. The number of carbonyl (C=O) groups excluding carboxylic acids is 1. The average molecular weight is 474 g/mol. The van der Waals surface area contributed by atoms with E-state index in [2.05, 4.69) is 38.4 Å². The number of benzene rings is 3. The van der Waals surface area contributed by atoms with Gasteiger partial charge in [-0.15, -0.1) is 0 Å². The molecule has 31 heavy (non-hydrogen) atoms. The highest BCUT2D eigenvalue weighted by Gasteiger charge is 2.14. The number of hydrogen-bond acceptors (Lipinski definition) is 1. The normalized spacial score (nSPS) is 11.1. The summed E-state index contributed by atoms with van der Waals surface area (Å²) < 4.78 is 0.861. The van der Waals surface area contributed by atoms with E-state index in [1.54, 1.807) is 0 Å². The number of aromatic amines is 1. The van der Waals surface area contributed by atoms with Crippen LogP contribution < -0.4 is 5.32 Å². The number of amides is 2. The number of fused-ring (bicyclic) bond motifs is 1. The van der Waals surface area contributed by atoms with Crippen molar-refractivity contribution in [1.29, 1.82) is 0 Å². The Morgan fingerprint density at radius 1 is 0.968 bits per heavy atom. The van der Waals surface area contributed by atoms with E-state index < -0.39 is 0 Å². The molecule has 2 amide bonds. The SMILES string of the molecule is O=C(Nc1ccccc1Br)N(C/C=C/c1ccccc1)CCc1c[nH]c2ccccc12. The fourth-order valence-corrected chi connectivity index (χ4v) is 3.89. The molecule has 0 atom stereocenters. The average Bonchev–Trinajstić information content (AvgIpc) is 3.21. The van der Waals surface area contributed by atoms with Crippen molar-refractivity contribution in [2.45, 2.75) is 6.42 Å². The van der Waals surface area contributed by atoms with E-state index in [9.17, 15) is 4.79 Å². The van der Waals surface area contributed by atoms with Crippen LogP contribution in [0.4, 0.5) is 10.5 Å². The first-order chi connectivity index (χ1) is 15.2. The molecule has 3 aromatic carbocycles. The van der Waals surface area contributed by atoms with E-state index in [1.807, 2.05) is 90.0 Å². The molecule has 0 spiro atoms. The summed E-state index contributed by atoms with van der Waals surface area (Å²) in [6.07, 6.45) is 6.88. The summed E-state index contributed by atoms with van der Waals surface area (Å²) in [5.74, 6) is 0. The maximum absolute atomic E-state index is 13.1. The number of carbonyl (C=O) groups is 1. The highest BCUT2D eigenvalue weighted by atomic mass is 79.9. The highest BCUT2D eigenvalue weighted by Crippen LogP contribution is 2.22. The summed E-state index contributed by atoms with van der Waals surface area (Å²) in [7, 11) is 0. The van der Waals surface area contributed by atoms with Crippen molar-refractivity contribution in [3.05, 3.63) is 107 Å². The molecule has 4 rings (SSSR count). The third-order valence-corrected chi connectivity index (χ3v) is 5.86. The molecule has 0 fully saturated rings. The molecule has 2 N–H and O–H groups in total. The largest absolute Gasteiger partial charge is 0.361 e. The van der Waals surface area contributed by atoms with Crippen molar-refractivity contribution >= 4 is 44.6 Å². The van der Waals surface area contributed by atoms with Gasteiger partial charge in [-0.2, -0.15) is 0 Å². The Kier molecular flexibility index (Phi) is 6.85. The maximum Gasteiger partial charge on any atom is 0.322 e. The summed E-state index contributed by atoms with van der Waals surface area (Å²) in [6, 6.07) is 25.9. The van der Waals surface area contributed by atoms with Gasteiger partial charge in [0.1, 0.15) is 0 Å². The molecule has 1 heterocycles. The van der Waals surface area contributed by atoms with Gasteiger partial charge in [-0.05, 0) is 51.7 Å². The van der Waals surface area contributed by atoms with Crippen LogP contribution >= 0.6 is 15.9 Å². The van der Waals surface area contributed by atoms with Crippen LogP contribution in [0.1, 0.15) is 11.1 Å². The molecule has 0 aliphatic rings. The van der Waals surface area contributed by atoms with Crippen LogP contribution in [0.2, 0.25) is 0 Å². The first-order valence-corrected chi connectivity index (χ1v) is 11.1. The summed E-state index contributed by atoms with van der Waals surface area (Å²) >= 11 is 3.50. The lowest BCUT2D eigenvalue weighted by Crippen LogP contribution is -2.36. The molecule has 4 aromatic rings. The molecule has 0 radical (unpaired) electrons. The quantitative estimate of drug-likeness (QED) is 0.307. The molecule has 0 unspecified atom stereocenters. The second-order valence-electron chi connectivity index (χ2n) is 7.28. The number of aromatic nitrogens is 1. The molecule has 5 heteroatoms. The van der Waals surface area contributed by atoms with E-state index in [0.29, 0.717) is 13.1 Å². The van der Waals surface area contributed by atoms with Crippen molar-refractivity contribution in [3.8, 4) is 0 Å². The molecular weight excluding hydrogens is 450 g/mol. The third-order valence-electron chi connectivity index (χ3n) is 5.16. The summed E-state index contributed by atoms with van der Waals surface area (Å²) in [5, 5.41) is 4.23. The lowest BCUT2D eigenvalue weighted by molar-refractivity contribution is 0.218. The van der Waals surface area contributed by atoms with Gasteiger partial charge in [0, 0.05) is 34.7 Å². The first kappa shape index (κ1) is 20.9. The van der Waals surface area contributed by atoms with Gasteiger partial charge in [0.2, 0.25) is 0 Å². The number of para-hydroxylation sites is 2. The van der Waals surface area contributed by atoms with Crippen molar-refractivity contribution in [2.75, 3.05) is 18.4 Å². The fourth-order valence-electron chi connectivity index (χ4n) is 3.51. The molecule has 0 saturated carbocycles. The predicted molar refractivity (Wildman–Crippen MR) is 132 cm³/mol. The maximum atomic E-state index is 13.1. The predicted octanol–water partition coefficient (Wildman–Crippen LogP) is 6.72. The molecule has 0 saturated heterocycles. The van der Waals surface area contributed by atoms with Crippen LogP contribution in [0.5, 0.6) is 0 Å². The summed E-state index contributed by atoms with van der Waals surface area (Å²) in [6.45, 7) is 1.13. The van der Waals surface area contributed by atoms with Crippen LogP contribution in [0.15, 0.2) is 95.6 Å². The van der Waals surface area contributed by atoms with Crippen molar-refractivity contribution in [3.63, 3.8) is 0 Å². The molecule has 1 aromatic heterocycles. The Labute approximate surface area is 190 Å². The van der Waals surface area contributed by atoms with Crippen molar-refractivity contribution < 1.29 is 4.79 Å². The van der Waals surface area contributed by atoms with Crippen LogP contribution in [0.25, 0.3) is 17.0 Å². The number of halogens is 1. The van der Waals surface area contributed by atoms with Crippen molar-refractivity contribution in [1.82, 2.24) is 9.88 Å². The van der Waals surface area contributed by atoms with E-state index in [-0.39, 0.29) is 6.03 Å². The summed E-state index contributed by atoms with van der Waals surface area (Å²) in [5.41, 5.74) is 4.20. The number of nitrogens with zero attached hydrogens (tertiary/aromatic N) is 1. The van der Waals surface area contributed by atoms with E-state index in [1.165, 1.54) is 10.9 Å². The zero-order chi connectivity index (χ0) is 21.5. The Morgan fingerprint density at radius 2 is 1.71 bits per heavy atom. The van der Waals surface area contributed by atoms with Gasteiger partial charge in [-0.1, -0.05) is 72.8 Å². The Balaban J connectivity index is 1.49. The van der Waals surface area contributed by atoms with Gasteiger partial charge in [0.15, 0.2) is 0 Å². The molecular formula is C26H24BrN3O. The Morgan fingerprint density at radius 3 is 2.55 bits per heavy atom. The smallest absolute Gasteiger partial charge is 0.322 e. The van der Waals surface area contributed by atoms with Crippen molar-refractivity contribution in [2.24, 2.45) is 0 Å². The van der Waals surface area contributed by atoms with Crippen LogP contribution in [-0.4, -0.2) is 29.0 Å².